The molecule has 0 aliphatic carbocycles. The Morgan fingerprint density at radius 1 is 1.40 bits per heavy atom. The minimum atomic E-state index is -0.700. The average molecular weight is 249 g/mol. The van der Waals surface area contributed by atoms with Gasteiger partial charge in [-0.05, 0) is 25.1 Å². The highest BCUT2D eigenvalue weighted by Gasteiger charge is 2.16. The van der Waals surface area contributed by atoms with Gasteiger partial charge in [0.1, 0.15) is 5.75 Å². The third-order valence-electron chi connectivity index (χ3n) is 1.73. The Hall–Kier alpha value is -0.930. The van der Waals surface area contributed by atoms with E-state index in [0.717, 1.165) is 0 Å². The Morgan fingerprint density at radius 3 is 2.60 bits per heavy atom. The van der Waals surface area contributed by atoms with Crippen molar-refractivity contribution >= 4 is 29.2 Å². The molecule has 0 radical (unpaired) electrons. The number of hydrogen-bond donors (Lipinski definition) is 0. The lowest BCUT2D eigenvalue weighted by Crippen LogP contribution is -2.24. The number of benzene rings is 1. The average Bonchev–Trinajstić information content (AvgIpc) is 2.20. The summed E-state index contributed by atoms with van der Waals surface area (Å²) in [5.74, 6) is -0.0556. The molecule has 1 atom stereocenters. The third-order valence-corrected chi connectivity index (χ3v) is 2.26. The highest BCUT2D eigenvalue weighted by molar-refractivity contribution is 6.35. The van der Waals surface area contributed by atoms with E-state index in [1.165, 1.54) is 7.11 Å². The zero-order valence-corrected chi connectivity index (χ0v) is 9.80. The van der Waals surface area contributed by atoms with Crippen LogP contribution in [0.15, 0.2) is 18.2 Å². The molecule has 1 rings (SSSR count). The van der Waals surface area contributed by atoms with E-state index in [-0.39, 0.29) is 0 Å². The first-order chi connectivity index (χ1) is 7.04. The van der Waals surface area contributed by atoms with Crippen LogP contribution in [0.25, 0.3) is 0 Å². The molecule has 0 saturated carbocycles. The van der Waals surface area contributed by atoms with Crippen LogP contribution in [0, 0.1) is 0 Å². The number of halogens is 2. The normalized spacial score (nSPS) is 12.0. The van der Waals surface area contributed by atoms with E-state index in [1.807, 2.05) is 0 Å². The fourth-order valence-electron chi connectivity index (χ4n) is 0.975. The molecular formula is C10H10Cl2O3. The van der Waals surface area contributed by atoms with Gasteiger partial charge in [-0.25, -0.2) is 4.79 Å². The van der Waals surface area contributed by atoms with Gasteiger partial charge >= 0.3 is 5.97 Å². The predicted molar refractivity (Wildman–Crippen MR) is 58.6 cm³/mol. The number of hydrogen-bond acceptors (Lipinski definition) is 3. The Kier molecular flexibility index (Phi) is 4.24. The summed E-state index contributed by atoms with van der Waals surface area (Å²) >= 11 is 11.6. The first-order valence-electron chi connectivity index (χ1n) is 4.24. The molecule has 5 heteroatoms. The summed E-state index contributed by atoms with van der Waals surface area (Å²) in [6.07, 6.45) is -0.700. The van der Waals surface area contributed by atoms with Crippen molar-refractivity contribution in [2.75, 3.05) is 7.11 Å². The van der Waals surface area contributed by atoms with Crippen LogP contribution in [-0.4, -0.2) is 19.2 Å². The Morgan fingerprint density at radius 2 is 2.07 bits per heavy atom. The SMILES string of the molecule is COC(=O)C(C)Oc1ccc(Cl)cc1Cl. The molecule has 0 aromatic heterocycles. The van der Waals surface area contributed by atoms with Crippen molar-refractivity contribution in [3.05, 3.63) is 28.2 Å². The molecule has 15 heavy (non-hydrogen) atoms. The molecule has 0 heterocycles. The summed E-state index contributed by atoms with van der Waals surface area (Å²) in [6.45, 7) is 1.58. The van der Waals surface area contributed by atoms with Gasteiger partial charge in [-0.3, -0.25) is 0 Å². The molecule has 0 bridgehead atoms. The van der Waals surface area contributed by atoms with Gasteiger partial charge in [-0.15, -0.1) is 0 Å². The van der Waals surface area contributed by atoms with Crippen LogP contribution in [0.5, 0.6) is 5.75 Å². The second kappa shape index (κ2) is 5.24. The van der Waals surface area contributed by atoms with Gasteiger partial charge < -0.3 is 9.47 Å². The fraction of sp³-hybridized carbons (Fsp3) is 0.300. The number of carbonyl (C=O) groups excluding carboxylic acids is 1. The zero-order chi connectivity index (χ0) is 11.4. The second-order valence-corrected chi connectivity index (χ2v) is 3.70. The third kappa shape index (κ3) is 3.29. The molecule has 0 fully saturated rings. The molecule has 3 nitrogen and oxygen atoms in total. The maximum atomic E-state index is 11.1. The van der Waals surface area contributed by atoms with E-state index in [9.17, 15) is 4.79 Å². The molecule has 0 amide bonds. The van der Waals surface area contributed by atoms with E-state index in [1.54, 1.807) is 25.1 Å². The summed E-state index contributed by atoms with van der Waals surface area (Å²) in [4.78, 5) is 11.1. The molecule has 0 saturated heterocycles. The van der Waals surface area contributed by atoms with E-state index in [2.05, 4.69) is 4.74 Å². The van der Waals surface area contributed by atoms with Gasteiger partial charge in [0.05, 0.1) is 12.1 Å². The highest BCUT2D eigenvalue weighted by atomic mass is 35.5. The van der Waals surface area contributed by atoms with Crippen LogP contribution >= 0.6 is 23.2 Å². The zero-order valence-electron chi connectivity index (χ0n) is 8.29. The standard InChI is InChI=1S/C10H10Cl2O3/c1-6(10(13)14-2)15-9-4-3-7(11)5-8(9)12/h3-6H,1-2H3. The maximum Gasteiger partial charge on any atom is 0.346 e. The molecular weight excluding hydrogens is 239 g/mol. The first kappa shape index (κ1) is 12.1. The minimum Gasteiger partial charge on any atom is -0.477 e. The van der Waals surface area contributed by atoms with Gasteiger partial charge in [0, 0.05) is 5.02 Å². The number of carbonyl (C=O) groups is 1. The Balaban J connectivity index is 2.76. The predicted octanol–water partition coefficient (Wildman–Crippen LogP) is 2.93. The molecule has 82 valence electrons. The summed E-state index contributed by atoms with van der Waals surface area (Å²) in [5.41, 5.74) is 0. The summed E-state index contributed by atoms with van der Waals surface area (Å²) in [7, 11) is 1.30. The smallest absolute Gasteiger partial charge is 0.346 e. The molecule has 1 unspecified atom stereocenters. The molecule has 0 spiro atoms. The van der Waals surface area contributed by atoms with E-state index < -0.39 is 12.1 Å². The summed E-state index contributed by atoms with van der Waals surface area (Å²) in [5, 5.41) is 0.872. The van der Waals surface area contributed by atoms with Crippen molar-refractivity contribution in [1.29, 1.82) is 0 Å². The van der Waals surface area contributed by atoms with Crippen molar-refractivity contribution in [3.8, 4) is 5.75 Å². The van der Waals surface area contributed by atoms with Gasteiger partial charge in [-0.1, -0.05) is 23.2 Å². The quantitative estimate of drug-likeness (QED) is 0.772. The lowest BCUT2D eigenvalue weighted by molar-refractivity contribution is -0.147. The number of methoxy groups -OCH3 is 1. The van der Waals surface area contributed by atoms with Crippen molar-refractivity contribution in [3.63, 3.8) is 0 Å². The van der Waals surface area contributed by atoms with Gasteiger partial charge in [0.2, 0.25) is 0 Å². The van der Waals surface area contributed by atoms with Crippen molar-refractivity contribution in [2.45, 2.75) is 13.0 Å². The minimum absolute atomic E-state index is 0.359. The number of ether oxygens (including phenoxy) is 2. The molecule has 0 aliphatic rings. The lowest BCUT2D eigenvalue weighted by Gasteiger charge is -2.13. The number of esters is 1. The van der Waals surface area contributed by atoms with Crippen molar-refractivity contribution in [1.82, 2.24) is 0 Å². The van der Waals surface area contributed by atoms with Crippen molar-refractivity contribution in [2.24, 2.45) is 0 Å². The molecule has 0 N–H and O–H groups in total. The van der Waals surface area contributed by atoms with Crippen LogP contribution in [0.3, 0.4) is 0 Å². The fourth-order valence-corrected chi connectivity index (χ4v) is 1.43. The van der Waals surface area contributed by atoms with Crippen LogP contribution in [0.1, 0.15) is 6.92 Å². The van der Waals surface area contributed by atoms with E-state index in [0.29, 0.717) is 15.8 Å². The topological polar surface area (TPSA) is 35.5 Å². The molecule has 0 aliphatic heterocycles. The van der Waals surface area contributed by atoms with Crippen LogP contribution in [0.2, 0.25) is 10.0 Å². The van der Waals surface area contributed by atoms with Crippen molar-refractivity contribution < 1.29 is 14.3 Å². The van der Waals surface area contributed by atoms with Crippen LogP contribution in [-0.2, 0) is 9.53 Å². The van der Waals surface area contributed by atoms with Gasteiger partial charge in [0.25, 0.3) is 0 Å². The second-order valence-electron chi connectivity index (χ2n) is 2.86. The molecule has 1 aromatic carbocycles. The van der Waals surface area contributed by atoms with Crippen LogP contribution < -0.4 is 4.74 Å². The largest absolute Gasteiger partial charge is 0.477 e. The Bertz CT molecular complexity index is 366. The summed E-state index contributed by atoms with van der Waals surface area (Å²) in [6, 6.07) is 4.78. The molecule has 1 aromatic rings. The number of rotatable bonds is 3. The van der Waals surface area contributed by atoms with Crippen LogP contribution in [0.4, 0.5) is 0 Å². The van der Waals surface area contributed by atoms with Gasteiger partial charge in [-0.2, -0.15) is 0 Å². The van der Waals surface area contributed by atoms with E-state index >= 15 is 0 Å². The first-order valence-corrected chi connectivity index (χ1v) is 4.99. The summed E-state index contributed by atoms with van der Waals surface area (Å²) < 4.78 is 9.80. The van der Waals surface area contributed by atoms with Gasteiger partial charge in [0.15, 0.2) is 6.10 Å². The lowest BCUT2D eigenvalue weighted by atomic mass is 10.3. The monoisotopic (exact) mass is 248 g/mol. The highest BCUT2D eigenvalue weighted by Crippen LogP contribution is 2.28. The maximum absolute atomic E-state index is 11.1. The van der Waals surface area contributed by atoms with E-state index in [4.69, 9.17) is 27.9 Å². The Labute approximate surface area is 97.9 Å².